The standard InChI is InChI=1S/C20H22N4O8/c21-5-1-9-29-17(25)13-15(19(27)31-11-3-7-23)16(20(28)32-12-4-8-24)14-18(26)30-10-2-6-22/h15-16H,1-4,9-14H2. The smallest absolute Gasteiger partial charge is 0.310 e. The van der Waals surface area contributed by atoms with Crippen LogP contribution in [0.1, 0.15) is 38.5 Å². The molecule has 0 aromatic rings. The molecule has 0 aromatic heterocycles. The summed E-state index contributed by atoms with van der Waals surface area (Å²) in [4.78, 5) is 49.3. The minimum absolute atomic E-state index is 0.0894. The van der Waals surface area contributed by atoms with E-state index < -0.39 is 48.6 Å². The number of esters is 4. The number of rotatable bonds is 15. The van der Waals surface area contributed by atoms with Gasteiger partial charge in [0.15, 0.2) is 0 Å². The minimum Gasteiger partial charge on any atom is -0.465 e. The van der Waals surface area contributed by atoms with Crippen molar-refractivity contribution in [2.45, 2.75) is 38.5 Å². The van der Waals surface area contributed by atoms with Crippen LogP contribution in [0.2, 0.25) is 0 Å². The third-order valence-corrected chi connectivity index (χ3v) is 3.73. The van der Waals surface area contributed by atoms with Crippen LogP contribution in [0.25, 0.3) is 0 Å². The van der Waals surface area contributed by atoms with Crippen LogP contribution in [0.3, 0.4) is 0 Å². The predicted octanol–water partition coefficient (Wildman–Crippen LogP) is 0.827. The van der Waals surface area contributed by atoms with Gasteiger partial charge in [0.25, 0.3) is 0 Å². The van der Waals surface area contributed by atoms with Crippen LogP contribution >= 0.6 is 0 Å². The molecule has 0 saturated carbocycles. The Labute approximate surface area is 184 Å². The molecule has 0 aliphatic rings. The summed E-state index contributed by atoms with van der Waals surface area (Å²) in [5.41, 5.74) is 0. The Morgan fingerprint density at radius 3 is 1.09 bits per heavy atom. The van der Waals surface area contributed by atoms with Crippen molar-refractivity contribution in [2.24, 2.45) is 11.8 Å². The lowest BCUT2D eigenvalue weighted by Gasteiger charge is -2.23. The van der Waals surface area contributed by atoms with Crippen molar-refractivity contribution >= 4 is 23.9 Å². The van der Waals surface area contributed by atoms with Gasteiger partial charge in [-0.05, 0) is 0 Å². The Morgan fingerprint density at radius 2 is 0.812 bits per heavy atom. The molecule has 0 radical (unpaired) electrons. The third kappa shape index (κ3) is 12.4. The van der Waals surface area contributed by atoms with E-state index in [2.05, 4.69) is 0 Å². The van der Waals surface area contributed by atoms with Crippen LogP contribution in [0.4, 0.5) is 0 Å². The molecule has 0 aromatic carbocycles. The summed E-state index contributed by atoms with van der Waals surface area (Å²) in [5.74, 6) is -6.94. The molecule has 0 amide bonds. The van der Waals surface area contributed by atoms with E-state index in [-0.39, 0.29) is 52.1 Å². The zero-order valence-electron chi connectivity index (χ0n) is 17.3. The summed E-state index contributed by atoms with van der Waals surface area (Å²) in [5, 5.41) is 34.2. The highest BCUT2D eigenvalue weighted by Gasteiger charge is 2.40. The van der Waals surface area contributed by atoms with E-state index in [0.29, 0.717) is 0 Å². The van der Waals surface area contributed by atoms with Gasteiger partial charge in [0.05, 0.1) is 74.6 Å². The van der Waals surface area contributed by atoms with Gasteiger partial charge in [0.2, 0.25) is 0 Å². The van der Waals surface area contributed by atoms with Crippen LogP contribution in [0, 0.1) is 57.2 Å². The number of hydrogen-bond acceptors (Lipinski definition) is 12. The largest absolute Gasteiger partial charge is 0.465 e. The fraction of sp³-hybridized carbons (Fsp3) is 0.600. The lowest BCUT2D eigenvalue weighted by Crippen LogP contribution is -2.36. The molecule has 0 fully saturated rings. The number of carbonyl (C=O) groups is 4. The first-order chi connectivity index (χ1) is 15.4. The summed E-state index contributed by atoms with van der Waals surface area (Å²) in [7, 11) is 0. The molecule has 0 saturated heterocycles. The van der Waals surface area contributed by atoms with E-state index in [4.69, 9.17) is 40.0 Å². The zero-order valence-corrected chi connectivity index (χ0v) is 17.3. The summed E-state index contributed by atoms with van der Waals surface area (Å²) in [6.07, 6.45) is -1.79. The summed E-state index contributed by atoms with van der Waals surface area (Å²) < 4.78 is 19.5. The summed E-state index contributed by atoms with van der Waals surface area (Å²) in [6.45, 7) is -1.09. The highest BCUT2D eigenvalue weighted by atomic mass is 16.5. The number of hydrogen-bond donors (Lipinski definition) is 0. The van der Waals surface area contributed by atoms with Crippen molar-refractivity contribution in [3.63, 3.8) is 0 Å². The predicted molar refractivity (Wildman–Crippen MR) is 101 cm³/mol. The van der Waals surface area contributed by atoms with E-state index in [1.165, 1.54) is 0 Å². The van der Waals surface area contributed by atoms with Crippen molar-refractivity contribution in [3.8, 4) is 24.3 Å². The van der Waals surface area contributed by atoms with Gasteiger partial charge in [-0.2, -0.15) is 21.0 Å². The first kappa shape index (κ1) is 27.8. The van der Waals surface area contributed by atoms with Crippen LogP contribution < -0.4 is 0 Å². The number of nitrogens with zero attached hydrogens (tertiary/aromatic N) is 4. The van der Waals surface area contributed by atoms with E-state index >= 15 is 0 Å². The van der Waals surface area contributed by atoms with Crippen LogP contribution in [0.15, 0.2) is 0 Å². The molecule has 32 heavy (non-hydrogen) atoms. The van der Waals surface area contributed by atoms with Gasteiger partial charge in [0, 0.05) is 0 Å². The first-order valence-corrected chi connectivity index (χ1v) is 9.53. The molecule has 2 atom stereocenters. The van der Waals surface area contributed by atoms with Gasteiger partial charge in [-0.1, -0.05) is 0 Å². The summed E-state index contributed by atoms with van der Waals surface area (Å²) in [6, 6.07) is 7.06. The molecule has 0 spiro atoms. The molecule has 12 nitrogen and oxygen atoms in total. The fourth-order valence-electron chi connectivity index (χ4n) is 2.29. The Balaban J connectivity index is 5.61. The maximum absolute atomic E-state index is 12.6. The highest BCUT2D eigenvalue weighted by molar-refractivity contribution is 5.88. The molecule has 0 rings (SSSR count). The van der Waals surface area contributed by atoms with E-state index in [0.717, 1.165) is 0 Å². The maximum atomic E-state index is 12.6. The topological polar surface area (TPSA) is 200 Å². The fourth-order valence-corrected chi connectivity index (χ4v) is 2.29. The van der Waals surface area contributed by atoms with Crippen molar-refractivity contribution in [1.82, 2.24) is 0 Å². The minimum atomic E-state index is -1.51. The van der Waals surface area contributed by atoms with Gasteiger partial charge in [0.1, 0.15) is 26.4 Å². The Hall–Kier alpha value is -4.16. The lowest BCUT2D eigenvalue weighted by atomic mass is 9.86. The maximum Gasteiger partial charge on any atom is 0.310 e. The molecular weight excluding hydrogens is 424 g/mol. The van der Waals surface area contributed by atoms with Gasteiger partial charge < -0.3 is 18.9 Å². The second-order valence-electron chi connectivity index (χ2n) is 6.03. The Kier molecular flexibility index (Phi) is 15.4. The number of nitriles is 4. The Bertz CT molecular complexity index is 747. The normalized spacial score (nSPS) is 11.2. The average Bonchev–Trinajstić information content (AvgIpc) is 2.76. The molecule has 0 N–H and O–H groups in total. The van der Waals surface area contributed by atoms with E-state index in [1.54, 1.807) is 24.3 Å². The van der Waals surface area contributed by atoms with Crippen molar-refractivity contribution in [3.05, 3.63) is 0 Å². The second-order valence-corrected chi connectivity index (χ2v) is 6.03. The Morgan fingerprint density at radius 1 is 0.531 bits per heavy atom. The molecule has 0 aliphatic carbocycles. The van der Waals surface area contributed by atoms with Crippen LogP contribution in [0.5, 0.6) is 0 Å². The first-order valence-electron chi connectivity index (χ1n) is 9.53. The quantitative estimate of drug-likeness (QED) is 0.195. The molecule has 12 heteroatoms. The van der Waals surface area contributed by atoms with Crippen molar-refractivity contribution < 1.29 is 38.1 Å². The molecular formula is C20H22N4O8. The summed E-state index contributed by atoms with van der Waals surface area (Å²) >= 11 is 0. The van der Waals surface area contributed by atoms with Crippen molar-refractivity contribution in [1.29, 1.82) is 21.0 Å². The van der Waals surface area contributed by atoms with Gasteiger partial charge >= 0.3 is 23.9 Å². The van der Waals surface area contributed by atoms with Gasteiger partial charge in [-0.25, -0.2) is 0 Å². The second kappa shape index (κ2) is 17.7. The lowest BCUT2D eigenvalue weighted by molar-refractivity contribution is -0.167. The monoisotopic (exact) mass is 446 g/mol. The molecule has 0 bridgehead atoms. The van der Waals surface area contributed by atoms with E-state index in [1.807, 2.05) is 0 Å². The third-order valence-electron chi connectivity index (χ3n) is 3.73. The van der Waals surface area contributed by atoms with Crippen molar-refractivity contribution in [2.75, 3.05) is 26.4 Å². The molecule has 170 valence electrons. The number of carbonyl (C=O) groups excluding carboxylic acids is 4. The zero-order chi connectivity index (χ0) is 24.2. The molecule has 0 aliphatic heterocycles. The highest BCUT2D eigenvalue weighted by Crippen LogP contribution is 2.25. The molecule has 2 unspecified atom stereocenters. The van der Waals surface area contributed by atoms with Gasteiger partial charge in [-0.3, -0.25) is 19.2 Å². The van der Waals surface area contributed by atoms with Gasteiger partial charge in [-0.15, -0.1) is 0 Å². The van der Waals surface area contributed by atoms with Crippen LogP contribution in [-0.2, 0) is 38.1 Å². The van der Waals surface area contributed by atoms with E-state index in [9.17, 15) is 19.2 Å². The number of ether oxygens (including phenoxy) is 4. The average molecular weight is 446 g/mol. The van der Waals surface area contributed by atoms with Crippen LogP contribution in [-0.4, -0.2) is 50.3 Å². The SMILES string of the molecule is N#CCCOC(=O)CC(C(=O)OCCC#N)C(CC(=O)OCCC#N)C(=O)OCCC#N. The molecule has 0 heterocycles.